The molecule has 2 heterocycles. The van der Waals surface area contributed by atoms with Crippen LogP contribution in [0.1, 0.15) is 22.3 Å². The lowest BCUT2D eigenvalue weighted by Gasteiger charge is -2.39. The number of hydrogen-bond donors (Lipinski definition) is 0. The van der Waals surface area contributed by atoms with E-state index in [-0.39, 0.29) is 5.41 Å². The number of fused-ring (bicyclic) bond motifs is 9. The number of ether oxygens (including phenoxy) is 1. The first-order chi connectivity index (χ1) is 25.2. The highest BCUT2D eigenvalue weighted by Crippen LogP contribution is 2.61. The van der Waals surface area contributed by atoms with E-state index in [1.807, 2.05) is 97.1 Å². The fourth-order valence-electron chi connectivity index (χ4n) is 7.38. The third-order valence-electron chi connectivity index (χ3n) is 9.54. The predicted molar refractivity (Wildman–Crippen MR) is 205 cm³/mol. The number of halogens is 1. The minimum atomic E-state index is -0.321. The Balaban J connectivity index is 0.000000137. The number of hydrogen-bond acceptors (Lipinski definition) is 4. The van der Waals surface area contributed by atoms with Gasteiger partial charge in [0, 0.05) is 32.8 Å². The smallest absolute Gasteiger partial charge is 0.164 e. The molecule has 0 amide bonds. The molecule has 0 radical (unpaired) electrons. The number of rotatable bonds is 3. The van der Waals surface area contributed by atoms with Crippen molar-refractivity contribution in [1.29, 1.82) is 0 Å². The van der Waals surface area contributed by atoms with E-state index in [0.717, 1.165) is 28.2 Å². The molecular formula is C46H30ClN3O. The second-order valence-corrected chi connectivity index (χ2v) is 12.9. The maximum absolute atomic E-state index is 6.29. The van der Waals surface area contributed by atoms with Crippen molar-refractivity contribution in [3.05, 3.63) is 209 Å². The third kappa shape index (κ3) is 5.29. The second kappa shape index (κ2) is 12.8. The maximum atomic E-state index is 6.29. The summed E-state index contributed by atoms with van der Waals surface area (Å²) in [5.74, 6) is 3.78. The van der Waals surface area contributed by atoms with Crippen LogP contribution in [0.5, 0.6) is 11.5 Å². The summed E-state index contributed by atoms with van der Waals surface area (Å²) in [4.78, 5) is 14.0. The van der Waals surface area contributed by atoms with E-state index >= 15 is 0 Å². The maximum Gasteiger partial charge on any atom is 0.164 e. The van der Waals surface area contributed by atoms with E-state index in [0.29, 0.717) is 22.5 Å². The van der Waals surface area contributed by atoms with Crippen LogP contribution < -0.4 is 4.74 Å². The molecule has 1 aliphatic heterocycles. The number of aromatic nitrogens is 3. The summed E-state index contributed by atoms with van der Waals surface area (Å²) < 4.78 is 6.29. The summed E-state index contributed by atoms with van der Waals surface area (Å²) in [6.07, 6.45) is 0. The number of para-hydroxylation sites is 2. The van der Waals surface area contributed by atoms with E-state index in [9.17, 15) is 0 Å². The van der Waals surface area contributed by atoms with Crippen molar-refractivity contribution in [3.63, 3.8) is 0 Å². The Kier molecular flexibility index (Phi) is 7.72. The first-order valence-corrected chi connectivity index (χ1v) is 17.3. The van der Waals surface area contributed by atoms with Crippen LogP contribution in [0.3, 0.4) is 0 Å². The first kappa shape index (κ1) is 30.7. The molecule has 0 fully saturated rings. The number of nitrogens with zero attached hydrogens (tertiary/aromatic N) is 3. The van der Waals surface area contributed by atoms with E-state index in [4.69, 9.17) is 16.3 Å². The van der Waals surface area contributed by atoms with E-state index in [1.165, 1.54) is 33.4 Å². The highest BCUT2D eigenvalue weighted by molar-refractivity contribution is 6.30. The van der Waals surface area contributed by atoms with Crippen LogP contribution in [0.4, 0.5) is 0 Å². The molecule has 5 heteroatoms. The Hall–Kier alpha value is -6.36. The van der Waals surface area contributed by atoms with Crippen LogP contribution in [-0.2, 0) is 5.41 Å². The standard InChI is InChI=1S/C25H16O.C21H14ClN3/c1-3-11-19-17(9-1)18-10-2-4-12-20(18)25(19)21-13-5-7-15-23(21)26-24-16-8-6-14-22(24)25;22-18-13-7-12-17(14-18)21-24-19(15-8-3-1-4-9-15)23-20(25-21)16-10-5-2-6-11-16/h1-16H;1-14H. The topological polar surface area (TPSA) is 47.9 Å². The molecule has 8 aromatic rings. The van der Waals surface area contributed by atoms with Crippen molar-refractivity contribution in [2.45, 2.75) is 5.41 Å². The minimum Gasteiger partial charge on any atom is -0.457 e. The van der Waals surface area contributed by atoms with Crippen LogP contribution in [0, 0.1) is 0 Å². The molecule has 1 spiro atoms. The Morgan fingerprint density at radius 3 is 1.25 bits per heavy atom. The monoisotopic (exact) mass is 675 g/mol. The fourth-order valence-corrected chi connectivity index (χ4v) is 7.57. The Labute approximate surface area is 301 Å². The lowest BCUT2D eigenvalue weighted by atomic mass is 9.66. The van der Waals surface area contributed by atoms with Gasteiger partial charge in [0.15, 0.2) is 17.5 Å². The normalized spacial score (nSPS) is 12.7. The van der Waals surface area contributed by atoms with E-state index < -0.39 is 0 Å². The molecule has 0 N–H and O–H groups in total. The predicted octanol–water partition coefficient (Wildman–Crippen LogP) is 11.7. The van der Waals surface area contributed by atoms with Crippen molar-refractivity contribution in [2.24, 2.45) is 0 Å². The summed E-state index contributed by atoms with van der Waals surface area (Å²) >= 11 is 6.14. The summed E-state index contributed by atoms with van der Waals surface area (Å²) in [6.45, 7) is 0. The van der Waals surface area contributed by atoms with Gasteiger partial charge in [-0.15, -0.1) is 0 Å². The molecule has 51 heavy (non-hydrogen) atoms. The summed E-state index contributed by atoms with van der Waals surface area (Å²) in [6, 6.07) is 61.8. The molecule has 0 bridgehead atoms. The fraction of sp³-hybridized carbons (Fsp3) is 0.0217. The molecule has 0 saturated heterocycles. The van der Waals surface area contributed by atoms with Gasteiger partial charge in [-0.2, -0.15) is 0 Å². The van der Waals surface area contributed by atoms with Gasteiger partial charge >= 0.3 is 0 Å². The van der Waals surface area contributed by atoms with Crippen LogP contribution in [0.25, 0.3) is 45.3 Å². The third-order valence-corrected chi connectivity index (χ3v) is 9.77. The second-order valence-electron chi connectivity index (χ2n) is 12.5. The van der Waals surface area contributed by atoms with Gasteiger partial charge in [0.1, 0.15) is 11.5 Å². The molecule has 4 nitrogen and oxygen atoms in total. The highest BCUT2D eigenvalue weighted by atomic mass is 35.5. The molecule has 1 aliphatic carbocycles. The Morgan fingerprint density at radius 2 is 0.765 bits per heavy atom. The average Bonchev–Trinajstić information content (AvgIpc) is 3.49. The minimum absolute atomic E-state index is 0.321. The quantitative estimate of drug-likeness (QED) is 0.187. The average molecular weight is 676 g/mol. The van der Waals surface area contributed by atoms with Crippen molar-refractivity contribution >= 4 is 11.6 Å². The van der Waals surface area contributed by atoms with Gasteiger partial charge in [-0.3, -0.25) is 0 Å². The van der Waals surface area contributed by atoms with Crippen LogP contribution in [0.2, 0.25) is 5.02 Å². The van der Waals surface area contributed by atoms with Crippen molar-refractivity contribution in [1.82, 2.24) is 15.0 Å². The Morgan fingerprint density at radius 1 is 0.373 bits per heavy atom. The van der Waals surface area contributed by atoms with Crippen molar-refractivity contribution < 1.29 is 4.74 Å². The molecular weight excluding hydrogens is 646 g/mol. The summed E-state index contributed by atoms with van der Waals surface area (Å²) in [5, 5.41) is 0.653. The lowest BCUT2D eigenvalue weighted by Crippen LogP contribution is -2.32. The summed E-state index contributed by atoms with van der Waals surface area (Å²) in [7, 11) is 0. The van der Waals surface area contributed by atoms with Gasteiger partial charge in [0.2, 0.25) is 0 Å². The highest BCUT2D eigenvalue weighted by Gasteiger charge is 2.50. The van der Waals surface area contributed by atoms with Gasteiger partial charge in [-0.1, -0.05) is 169 Å². The largest absolute Gasteiger partial charge is 0.457 e. The van der Waals surface area contributed by atoms with Crippen molar-refractivity contribution in [2.75, 3.05) is 0 Å². The van der Waals surface area contributed by atoms with Crippen LogP contribution in [0.15, 0.2) is 182 Å². The van der Waals surface area contributed by atoms with Crippen molar-refractivity contribution in [3.8, 4) is 56.8 Å². The molecule has 242 valence electrons. The zero-order valence-corrected chi connectivity index (χ0v) is 28.2. The zero-order chi connectivity index (χ0) is 34.2. The molecule has 2 aliphatic rings. The van der Waals surface area contributed by atoms with E-state index in [1.54, 1.807) is 0 Å². The lowest BCUT2D eigenvalue weighted by molar-refractivity contribution is 0.436. The molecule has 0 atom stereocenters. The molecule has 0 saturated carbocycles. The molecule has 10 rings (SSSR count). The van der Waals surface area contributed by atoms with Crippen LogP contribution >= 0.6 is 11.6 Å². The first-order valence-electron chi connectivity index (χ1n) is 16.9. The van der Waals surface area contributed by atoms with Gasteiger partial charge in [-0.05, 0) is 46.5 Å². The van der Waals surface area contributed by atoms with Gasteiger partial charge in [-0.25, -0.2) is 15.0 Å². The van der Waals surface area contributed by atoms with Gasteiger partial charge in [0.25, 0.3) is 0 Å². The zero-order valence-electron chi connectivity index (χ0n) is 27.4. The Bertz CT molecular complexity index is 2380. The molecule has 0 unspecified atom stereocenters. The molecule has 1 aromatic heterocycles. The van der Waals surface area contributed by atoms with Gasteiger partial charge < -0.3 is 4.74 Å². The SMILES string of the molecule is Clc1cccc(-c2nc(-c3ccccc3)nc(-c3ccccc3)n2)c1.c1ccc2c(c1)Oc1ccccc1C21c2ccccc2-c2ccccc21. The van der Waals surface area contributed by atoms with Gasteiger partial charge in [0.05, 0.1) is 5.41 Å². The number of benzene rings is 7. The summed E-state index contributed by atoms with van der Waals surface area (Å²) in [5.41, 5.74) is 10.2. The van der Waals surface area contributed by atoms with E-state index in [2.05, 4.69) is 99.9 Å². The van der Waals surface area contributed by atoms with Crippen LogP contribution in [-0.4, -0.2) is 15.0 Å². The molecule has 7 aromatic carbocycles.